The lowest BCUT2D eigenvalue weighted by Crippen LogP contribution is -2.28. The van der Waals surface area contributed by atoms with Crippen LogP contribution in [0.15, 0.2) is 72.8 Å². The van der Waals surface area contributed by atoms with Gasteiger partial charge in [0.25, 0.3) is 11.8 Å². The van der Waals surface area contributed by atoms with Gasteiger partial charge in [-0.1, -0.05) is 18.6 Å². The van der Waals surface area contributed by atoms with Crippen LogP contribution in [0.1, 0.15) is 73.4 Å². The van der Waals surface area contributed by atoms with E-state index in [1.807, 2.05) is 18.2 Å². The number of benzene rings is 3. The third-order valence-electron chi connectivity index (χ3n) is 6.26. The Morgan fingerprint density at radius 2 is 0.974 bits per heavy atom. The second-order valence-electron chi connectivity index (χ2n) is 8.92. The van der Waals surface area contributed by atoms with E-state index in [1.165, 1.54) is 0 Å². The third kappa shape index (κ3) is 8.39. The summed E-state index contributed by atoms with van der Waals surface area (Å²) in [7, 11) is 0. The number of nitriles is 3. The van der Waals surface area contributed by atoms with Crippen molar-refractivity contribution in [2.45, 2.75) is 25.7 Å². The monoisotopic (exact) mass is 517 g/mol. The summed E-state index contributed by atoms with van der Waals surface area (Å²) in [5.74, 6) is -0.924. The van der Waals surface area contributed by atoms with E-state index in [1.54, 1.807) is 72.8 Å². The minimum Gasteiger partial charge on any atom is -0.352 e. The van der Waals surface area contributed by atoms with E-state index in [0.717, 1.165) is 0 Å². The summed E-state index contributed by atoms with van der Waals surface area (Å²) in [6.07, 6.45) is 2.34. The van der Waals surface area contributed by atoms with Crippen LogP contribution in [0.4, 0.5) is 0 Å². The molecule has 1 unspecified atom stereocenters. The zero-order valence-electron chi connectivity index (χ0n) is 21.3. The first-order valence-electron chi connectivity index (χ1n) is 12.6. The molecular formula is C31H27N5O3. The minimum atomic E-state index is -0.353. The molecule has 0 aromatic heterocycles. The van der Waals surface area contributed by atoms with Crippen molar-refractivity contribution >= 4 is 17.6 Å². The first-order valence-corrected chi connectivity index (χ1v) is 12.6. The van der Waals surface area contributed by atoms with Crippen molar-refractivity contribution in [3.8, 4) is 18.2 Å². The first-order chi connectivity index (χ1) is 18.9. The van der Waals surface area contributed by atoms with Gasteiger partial charge < -0.3 is 10.6 Å². The molecule has 194 valence electrons. The van der Waals surface area contributed by atoms with Crippen molar-refractivity contribution in [2.75, 3.05) is 13.1 Å². The number of nitrogens with one attached hydrogen (secondary N) is 2. The number of unbranched alkanes of at least 4 members (excludes halogenated alkanes) is 1. The highest BCUT2D eigenvalue weighted by atomic mass is 16.2. The van der Waals surface area contributed by atoms with Crippen LogP contribution in [0, 0.1) is 39.9 Å². The average molecular weight is 518 g/mol. The van der Waals surface area contributed by atoms with E-state index < -0.39 is 0 Å². The number of amides is 2. The zero-order chi connectivity index (χ0) is 28.0. The molecule has 0 aliphatic rings. The molecule has 3 aromatic carbocycles. The van der Waals surface area contributed by atoms with Crippen LogP contribution < -0.4 is 10.6 Å². The molecule has 0 saturated carbocycles. The lowest BCUT2D eigenvalue weighted by atomic mass is 9.89. The summed E-state index contributed by atoms with van der Waals surface area (Å²) in [4.78, 5) is 38.1. The van der Waals surface area contributed by atoms with E-state index in [4.69, 9.17) is 15.8 Å². The van der Waals surface area contributed by atoms with Crippen molar-refractivity contribution in [3.63, 3.8) is 0 Å². The van der Waals surface area contributed by atoms with Crippen molar-refractivity contribution in [3.05, 3.63) is 106 Å². The highest BCUT2D eigenvalue weighted by Crippen LogP contribution is 2.19. The molecule has 8 heteroatoms. The number of nitrogens with zero attached hydrogens (tertiary/aromatic N) is 3. The van der Waals surface area contributed by atoms with E-state index in [2.05, 4.69) is 10.6 Å². The molecule has 0 radical (unpaired) electrons. The second kappa shape index (κ2) is 14.5. The van der Waals surface area contributed by atoms with Gasteiger partial charge in [0, 0.05) is 35.7 Å². The number of hydrogen-bond donors (Lipinski definition) is 2. The predicted octanol–water partition coefficient (Wildman–Crippen LogP) is 4.52. The summed E-state index contributed by atoms with van der Waals surface area (Å²) < 4.78 is 0. The number of hydrogen-bond acceptors (Lipinski definition) is 6. The largest absolute Gasteiger partial charge is 0.352 e. The van der Waals surface area contributed by atoms with Gasteiger partial charge in [-0.25, -0.2) is 0 Å². The summed E-state index contributed by atoms with van der Waals surface area (Å²) in [5.41, 5.74) is 2.83. The molecule has 0 bridgehead atoms. The van der Waals surface area contributed by atoms with Crippen LogP contribution in [0.25, 0.3) is 0 Å². The summed E-state index contributed by atoms with van der Waals surface area (Å²) in [6.45, 7) is 0.729. The normalized spacial score (nSPS) is 10.8. The zero-order valence-corrected chi connectivity index (χ0v) is 21.3. The van der Waals surface area contributed by atoms with Gasteiger partial charge in [0.15, 0.2) is 5.78 Å². The lowest BCUT2D eigenvalue weighted by Gasteiger charge is -2.17. The molecule has 3 aromatic rings. The molecule has 8 nitrogen and oxygen atoms in total. The highest BCUT2D eigenvalue weighted by molar-refractivity contribution is 5.98. The van der Waals surface area contributed by atoms with Crippen LogP contribution >= 0.6 is 0 Å². The van der Waals surface area contributed by atoms with Crippen molar-refractivity contribution in [1.82, 2.24) is 10.6 Å². The van der Waals surface area contributed by atoms with Crippen LogP contribution in [-0.4, -0.2) is 30.7 Å². The maximum absolute atomic E-state index is 13.3. The smallest absolute Gasteiger partial charge is 0.251 e. The van der Waals surface area contributed by atoms with Crippen LogP contribution in [-0.2, 0) is 0 Å². The van der Waals surface area contributed by atoms with Gasteiger partial charge in [-0.2, -0.15) is 15.8 Å². The molecule has 2 N–H and O–H groups in total. The van der Waals surface area contributed by atoms with Crippen LogP contribution in [0.2, 0.25) is 0 Å². The Kier molecular flexibility index (Phi) is 10.5. The first kappa shape index (κ1) is 28.3. The number of Topliss-reactive ketones (excluding diaryl/α,β-unsaturated/α-hetero) is 1. The van der Waals surface area contributed by atoms with Gasteiger partial charge in [-0.3, -0.25) is 14.4 Å². The van der Waals surface area contributed by atoms with Crippen LogP contribution in [0.3, 0.4) is 0 Å². The maximum atomic E-state index is 13.3. The third-order valence-corrected chi connectivity index (χ3v) is 6.26. The number of carbonyl (C=O) groups excluding carboxylic acids is 3. The predicted molar refractivity (Wildman–Crippen MR) is 144 cm³/mol. The number of rotatable bonds is 12. The van der Waals surface area contributed by atoms with Gasteiger partial charge >= 0.3 is 0 Å². The molecule has 0 heterocycles. The van der Waals surface area contributed by atoms with E-state index >= 15 is 0 Å². The Hall–Kier alpha value is -5.26. The quantitative estimate of drug-likeness (QED) is 0.267. The Balaban J connectivity index is 1.54. The fourth-order valence-electron chi connectivity index (χ4n) is 4.03. The lowest BCUT2D eigenvalue weighted by molar-refractivity contribution is 0.0885. The molecular weight excluding hydrogens is 490 g/mol. The SMILES string of the molecule is N#Cc1ccc(C(=O)NCCCCC(CCNC(=O)c2ccc(C#N)cc2)C(=O)c2ccc(C#N)cc2)cc1. The average Bonchev–Trinajstić information content (AvgIpc) is 2.99. The Bertz CT molecular complexity index is 1420. The molecule has 3 rings (SSSR count). The highest BCUT2D eigenvalue weighted by Gasteiger charge is 2.20. The van der Waals surface area contributed by atoms with E-state index in [9.17, 15) is 14.4 Å². The van der Waals surface area contributed by atoms with E-state index in [0.29, 0.717) is 72.2 Å². The summed E-state index contributed by atoms with van der Waals surface area (Å²) in [6, 6.07) is 25.3. The van der Waals surface area contributed by atoms with Crippen LogP contribution in [0.5, 0.6) is 0 Å². The minimum absolute atomic E-state index is 0.0614. The second-order valence-corrected chi connectivity index (χ2v) is 8.92. The molecule has 0 aliphatic heterocycles. The van der Waals surface area contributed by atoms with Gasteiger partial charge in [0.2, 0.25) is 0 Å². The Morgan fingerprint density at radius 1 is 0.564 bits per heavy atom. The van der Waals surface area contributed by atoms with Crippen molar-refractivity contribution < 1.29 is 14.4 Å². The van der Waals surface area contributed by atoms with Gasteiger partial charge in [-0.15, -0.1) is 0 Å². The van der Waals surface area contributed by atoms with Gasteiger partial charge in [0.1, 0.15) is 0 Å². The van der Waals surface area contributed by atoms with Gasteiger partial charge in [0.05, 0.1) is 34.9 Å². The molecule has 39 heavy (non-hydrogen) atoms. The van der Waals surface area contributed by atoms with E-state index in [-0.39, 0.29) is 23.5 Å². The van der Waals surface area contributed by atoms with Gasteiger partial charge in [-0.05, 0) is 79.9 Å². The molecule has 0 saturated heterocycles. The fraction of sp³-hybridized carbons (Fsp3) is 0.226. The number of ketones is 1. The maximum Gasteiger partial charge on any atom is 0.251 e. The standard InChI is InChI=1S/C31H27N5O3/c32-19-22-4-10-26(11-5-22)29(37)25(16-18-36-31(39)28-14-8-24(21-34)9-15-28)3-1-2-17-35-30(38)27-12-6-23(20-33)7-13-27/h4-15,25H,1-3,16-18H2,(H,35,38)(H,36,39). The summed E-state index contributed by atoms with van der Waals surface area (Å²) in [5, 5.41) is 32.5. The number of carbonyl (C=O) groups is 3. The molecule has 2 amide bonds. The molecule has 0 fully saturated rings. The Labute approximate surface area is 227 Å². The Morgan fingerprint density at radius 3 is 1.41 bits per heavy atom. The molecule has 0 spiro atoms. The molecule has 0 aliphatic carbocycles. The fourth-order valence-corrected chi connectivity index (χ4v) is 4.03. The summed E-state index contributed by atoms with van der Waals surface area (Å²) >= 11 is 0. The van der Waals surface area contributed by atoms with Crippen molar-refractivity contribution in [1.29, 1.82) is 15.8 Å². The topological polar surface area (TPSA) is 147 Å². The molecule has 1 atom stereocenters. The van der Waals surface area contributed by atoms with Crippen molar-refractivity contribution in [2.24, 2.45) is 5.92 Å².